The molecule has 2 heteroatoms. The summed E-state index contributed by atoms with van der Waals surface area (Å²) in [6, 6.07) is 17.0. The van der Waals surface area contributed by atoms with Crippen LogP contribution < -0.4 is 0 Å². The first-order chi connectivity index (χ1) is 12.8. The van der Waals surface area contributed by atoms with E-state index in [-0.39, 0.29) is 11.9 Å². The Labute approximate surface area is 154 Å². The number of ether oxygens (including phenoxy) is 1. The molecule has 3 aliphatic rings. The lowest BCUT2D eigenvalue weighted by atomic mass is 9.89. The number of rotatable bonds is 5. The molecule has 0 aromatic heterocycles. The second-order valence-electron chi connectivity index (χ2n) is 7.99. The average molecular weight is 344 g/mol. The molecule has 0 radical (unpaired) electrons. The van der Waals surface area contributed by atoms with Gasteiger partial charge in [0.1, 0.15) is 6.61 Å². The highest BCUT2D eigenvalue weighted by Gasteiger charge is 2.35. The Balaban J connectivity index is 1.23. The fourth-order valence-electron chi connectivity index (χ4n) is 5.22. The fraction of sp³-hybridized carbons (Fsp3) is 0.375. The van der Waals surface area contributed by atoms with Gasteiger partial charge in [0.15, 0.2) is 0 Å². The third-order valence-electron chi connectivity index (χ3n) is 6.51. The molecule has 0 N–H and O–H groups in total. The SMILES string of the molecule is O=C(CCC1CC2C=CC1C2)OCC1c2ccccc2-c2ccccc21. The van der Waals surface area contributed by atoms with Gasteiger partial charge in [0, 0.05) is 12.3 Å². The molecule has 0 saturated heterocycles. The largest absolute Gasteiger partial charge is 0.465 e. The van der Waals surface area contributed by atoms with Crippen molar-refractivity contribution in [3.8, 4) is 11.1 Å². The molecule has 1 saturated carbocycles. The summed E-state index contributed by atoms with van der Waals surface area (Å²) in [6.45, 7) is 0.448. The standard InChI is InChI=1S/C24H24O2/c25-24(12-11-18-14-16-9-10-17(18)13-16)26-15-23-21-7-3-1-5-19(21)20-6-2-4-8-22(20)23/h1-10,16-18,23H,11-15H2. The van der Waals surface area contributed by atoms with Gasteiger partial charge < -0.3 is 4.74 Å². The Kier molecular flexibility index (Phi) is 3.92. The first kappa shape index (κ1) is 15.9. The van der Waals surface area contributed by atoms with E-state index < -0.39 is 0 Å². The molecule has 0 aliphatic heterocycles. The number of carbonyl (C=O) groups excluding carboxylic acids is 1. The van der Waals surface area contributed by atoms with Crippen molar-refractivity contribution in [2.75, 3.05) is 6.61 Å². The van der Waals surface area contributed by atoms with Crippen molar-refractivity contribution >= 4 is 5.97 Å². The van der Waals surface area contributed by atoms with Gasteiger partial charge in [0.05, 0.1) is 0 Å². The van der Waals surface area contributed by atoms with E-state index in [9.17, 15) is 4.79 Å². The van der Waals surface area contributed by atoms with E-state index >= 15 is 0 Å². The Morgan fingerprint density at radius 3 is 2.23 bits per heavy atom. The summed E-state index contributed by atoms with van der Waals surface area (Å²) in [5, 5.41) is 0. The lowest BCUT2D eigenvalue weighted by molar-refractivity contribution is -0.144. The van der Waals surface area contributed by atoms with Crippen LogP contribution in [-0.2, 0) is 9.53 Å². The zero-order valence-corrected chi connectivity index (χ0v) is 14.9. The number of esters is 1. The van der Waals surface area contributed by atoms with Gasteiger partial charge in [0.25, 0.3) is 0 Å². The molecular formula is C24H24O2. The summed E-state index contributed by atoms with van der Waals surface area (Å²) in [4.78, 5) is 12.3. The Morgan fingerprint density at radius 2 is 1.62 bits per heavy atom. The number of hydrogen-bond donors (Lipinski definition) is 0. The average Bonchev–Trinajstić information content (AvgIpc) is 3.38. The van der Waals surface area contributed by atoms with E-state index in [1.807, 2.05) is 0 Å². The van der Waals surface area contributed by atoms with Crippen molar-refractivity contribution in [2.24, 2.45) is 17.8 Å². The van der Waals surface area contributed by atoms with Crippen molar-refractivity contribution in [1.82, 2.24) is 0 Å². The molecule has 5 rings (SSSR count). The van der Waals surface area contributed by atoms with Crippen LogP contribution in [-0.4, -0.2) is 12.6 Å². The van der Waals surface area contributed by atoms with E-state index in [1.54, 1.807) is 0 Å². The van der Waals surface area contributed by atoms with Gasteiger partial charge >= 0.3 is 5.97 Å². The minimum atomic E-state index is -0.0429. The van der Waals surface area contributed by atoms with Crippen molar-refractivity contribution in [1.29, 1.82) is 0 Å². The van der Waals surface area contributed by atoms with E-state index in [0.717, 1.165) is 12.3 Å². The van der Waals surface area contributed by atoms with Crippen molar-refractivity contribution in [2.45, 2.75) is 31.6 Å². The molecular weight excluding hydrogens is 320 g/mol. The maximum Gasteiger partial charge on any atom is 0.305 e. The van der Waals surface area contributed by atoms with E-state index in [1.165, 1.54) is 35.1 Å². The number of benzene rings is 2. The van der Waals surface area contributed by atoms with Gasteiger partial charge in [-0.3, -0.25) is 4.79 Å². The molecule has 26 heavy (non-hydrogen) atoms. The molecule has 2 bridgehead atoms. The Morgan fingerprint density at radius 1 is 0.923 bits per heavy atom. The lowest BCUT2D eigenvalue weighted by Crippen LogP contribution is -2.15. The predicted octanol–water partition coefficient (Wildman–Crippen LogP) is 5.33. The number of allylic oxidation sites excluding steroid dienone is 2. The fourth-order valence-corrected chi connectivity index (χ4v) is 5.22. The van der Waals surface area contributed by atoms with Crippen LogP contribution in [0.5, 0.6) is 0 Å². The topological polar surface area (TPSA) is 26.3 Å². The molecule has 2 aromatic carbocycles. The molecule has 3 unspecified atom stereocenters. The summed E-state index contributed by atoms with van der Waals surface area (Å²) in [6.07, 6.45) is 8.80. The number of hydrogen-bond acceptors (Lipinski definition) is 2. The van der Waals surface area contributed by atoms with Gasteiger partial charge in [-0.15, -0.1) is 0 Å². The quantitative estimate of drug-likeness (QED) is 0.541. The van der Waals surface area contributed by atoms with Gasteiger partial charge in [-0.1, -0.05) is 60.7 Å². The van der Waals surface area contributed by atoms with Crippen LogP contribution in [0.2, 0.25) is 0 Å². The Bertz CT molecular complexity index is 821. The monoisotopic (exact) mass is 344 g/mol. The lowest BCUT2D eigenvalue weighted by Gasteiger charge is -2.18. The number of fused-ring (bicyclic) bond motifs is 5. The summed E-state index contributed by atoms with van der Waals surface area (Å²) in [5.74, 6) is 2.29. The van der Waals surface area contributed by atoms with E-state index in [0.29, 0.717) is 24.9 Å². The molecule has 2 nitrogen and oxygen atoms in total. The minimum absolute atomic E-state index is 0.0429. The summed E-state index contributed by atoms with van der Waals surface area (Å²) in [5.41, 5.74) is 5.11. The zero-order chi connectivity index (χ0) is 17.5. The highest BCUT2D eigenvalue weighted by atomic mass is 16.5. The third kappa shape index (κ3) is 2.68. The molecule has 1 fully saturated rings. The molecule has 132 valence electrons. The van der Waals surface area contributed by atoms with Gasteiger partial charge in [-0.05, 0) is 59.3 Å². The second-order valence-corrected chi connectivity index (χ2v) is 7.99. The van der Waals surface area contributed by atoms with Crippen molar-refractivity contribution in [3.63, 3.8) is 0 Å². The zero-order valence-electron chi connectivity index (χ0n) is 14.9. The molecule has 3 aliphatic carbocycles. The van der Waals surface area contributed by atoms with Crippen LogP contribution in [0.25, 0.3) is 11.1 Å². The van der Waals surface area contributed by atoms with Crippen molar-refractivity contribution in [3.05, 3.63) is 71.8 Å². The Hall–Kier alpha value is -2.35. The smallest absolute Gasteiger partial charge is 0.305 e. The highest BCUT2D eigenvalue weighted by molar-refractivity contribution is 5.79. The first-order valence-corrected chi connectivity index (χ1v) is 9.82. The number of carbonyl (C=O) groups is 1. The summed E-state index contributed by atoms with van der Waals surface area (Å²) < 4.78 is 5.72. The van der Waals surface area contributed by atoms with E-state index in [2.05, 4.69) is 60.7 Å². The van der Waals surface area contributed by atoms with Gasteiger partial charge in [0.2, 0.25) is 0 Å². The molecule has 2 aromatic rings. The van der Waals surface area contributed by atoms with Crippen LogP contribution in [0.3, 0.4) is 0 Å². The molecule has 0 amide bonds. The van der Waals surface area contributed by atoms with Crippen molar-refractivity contribution < 1.29 is 9.53 Å². The highest BCUT2D eigenvalue weighted by Crippen LogP contribution is 2.46. The van der Waals surface area contributed by atoms with Gasteiger partial charge in [-0.2, -0.15) is 0 Å². The van der Waals surface area contributed by atoms with Crippen LogP contribution in [0, 0.1) is 17.8 Å². The second kappa shape index (κ2) is 6.42. The first-order valence-electron chi connectivity index (χ1n) is 9.82. The normalized spacial score (nSPS) is 25.3. The van der Waals surface area contributed by atoms with Crippen LogP contribution in [0.15, 0.2) is 60.7 Å². The maximum atomic E-state index is 12.3. The predicted molar refractivity (Wildman–Crippen MR) is 103 cm³/mol. The third-order valence-corrected chi connectivity index (χ3v) is 6.51. The van der Waals surface area contributed by atoms with E-state index in [4.69, 9.17) is 4.74 Å². The maximum absolute atomic E-state index is 12.3. The molecule has 0 spiro atoms. The van der Waals surface area contributed by atoms with Gasteiger partial charge in [-0.25, -0.2) is 0 Å². The van der Waals surface area contributed by atoms with Crippen LogP contribution in [0.1, 0.15) is 42.7 Å². The van der Waals surface area contributed by atoms with Crippen LogP contribution >= 0.6 is 0 Å². The minimum Gasteiger partial charge on any atom is -0.465 e. The summed E-state index contributed by atoms with van der Waals surface area (Å²) >= 11 is 0. The summed E-state index contributed by atoms with van der Waals surface area (Å²) in [7, 11) is 0. The van der Waals surface area contributed by atoms with Crippen LogP contribution in [0.4, 0.5) is 0 Å². The molecule has 3 atom stereocenters. The molecule has 0 heterocycles.